The standard InChI is InChI=1S/C16H18Cl2N2O4/c1-3-9(2)19-15(23)16(8-14(21)22)7-13(20-24-16)11-5-4-10(17)6-12(11)18/h4-6,9H,3,7-8H2,1-2H3,(H,19,23)(H,21,22). The van der Waals surface area contributed by atoms with Crippen LogP contribution in [-0.4, -0.2) is 34.3 Å². The van der Waals surface area contributed by atoms with Crippen molar-refractivity contribution in [1.82, 2.24) is 5.32 Å². The SMILES string of the molecule is CCC(C)NC(=O)C1(CC(=O)O)CC(c2ccc(Cl)cc2Cl)=NO1. The topological polar surface area (TPSA) is 88.0 Å². The van der Waals surface area contributed by atoms with Crippen molar-refractivity contribution < 1.29 is 19.5 Å². The predicted octanol–water partition coefficient (Wildman–Crippen LogP) is 3.25. The summed E-state index contributed by atoms with van der Waals surface area (Å²) >= 11 is 12.0. The molecule has 2 unspecified atom stereocenters. The van der Waals surface area contributed by atoms with Gasteiger partial charge in [0.25, 0.3) is 5.91 Å². The van der Waals surface area contributed by atoms with Gasteiger partial charge in [0.15, 0.2) is 0 Å². The number of hydrogen-bond donors (Lipinski definition) is 2. The Balaban J connectivity index is 2.26. The van der Waals surface area contributed by atoms with Crippen molar-refractivity contribution in [2.75, 3.05) is 0 Å². The quantitative estimate of drug-likeness (QED) is 0.801. The summed E-state index contributed by atoms with van der Waals surface area (Å²) in [6.45, 7) is 3.75. The number of carbonyl (C=O) groups excluding carboxylic acids is 1. The molecule has 0 bridgehead atoms. The molecule has 130 valence electrons. The van der Waals surface area contributed by atoms with E-state index in [9.17, 15) is 14.7 Å². The van der Waals surface area contributed by atoms with Gasteiger partial charge >= 0.3 is 5.97 Å². The van der Waals surface area contributed by atoms with E-state index in [0.29, 0.717) is 27.7 Å². The fraction of sp³-hybridized carbons (Fsp3) is 0.438. The molecule has 2 atom stereocenters. The molecule has 0 aromatic heterocycles. The van der Waals surface area contributed by atoms with Gasteiger partial charge in [-0.05, 0) is 25.5 Å². The highest BCUT2D eigenvalue weighted by Crippen LogP contribution is 2.33. The second-order valence-electron chi connectivity index (χ2n) is 5.78. The minimum atomic E-state index is -1.58. The lowest BCUT2D eigenvalue weighted by molar-refractivity contribution is -0.156. The predicted molar refractivity (Wildman–Crippen MR) is 91.6 cm³/mol. The number of aliphatic carboxylic acids is 1. The van der Waals surface area contributed by atoms with Gasteiger partial charge in [0.05, 0.1) is 17.2 Å². The van der Waals surface area contributed by atoms with Crippen LogP contribution >= 0.6 is 23.2 Å². The fourth-order valence-electron chi connectivity index (χ4n) is 2.34. The Morgan fingerprint density at radius 2 is 2.17 bits per heavy atom. The van der Waals surface area contributed by atoms with E-state index in [-0.39, 0.29) is 12.5 Å². The van der Waals surface area contributed by atoms with Crippen LogP contribution in [0.15, 0.2) is 23.4 Å². The molecular formula is C16H18Cl2N2O4. The average molecular weight is 373 g/mol. The molecule has 1 aliphatic heterocycles. The maximum Gasteiger partial charge on any atom is 0.308 e. The Hall–Kier alpha value is -1.79. The molecular weight excluding hydrogens is 355 g/mol. The van der Waals surface area contributed by atoms with Crippen molar-refractivity contribution in [2.45, 2.75) is 44.8 Å². The third-order valence-corrected chi connectivity index (χ3v) is 4.41. The number of carbonyl (C=O) groups is 2. The summed E-state index contributed by atoms with van der Waals surface area (Å²) in [5.41, 5.74) is -0.602. The van der Waals surface area contributed by atoms with E-state index in [1.54, 1.807) is 18.2 Å². The van der Waals surface area contributed by atoms with Crippen molar-refractivity contribution in [3.05, 3.63) is 33.8 Å². The van der Waals surface area contributed by atoms with Crippen LogP contribution in [0.4, 0.5) is 0 Å². The second kappa shape index (κ2) is 7.40. The maximum absolute atomic E-state index is 12.6. The molecule has 0 spiro atoms. The van der Waals surface area contributed by atoms with Crippen molar-refractivity contribution in [3.63, 3.8) is 0 Å². The zero-order valence-electron chi connectivity index (χ0n) is 13.3. The van der Waals surface area contributed by atoms with Crippen LogP contribution in [0.1, 0.15) is 38.7 Å². The molecule has 6 nitrogen and oxygen atoms in total. The molecule has 1 aromatic carbocycles. The van der Waals surface area contributed by atoms with Crippen LogP contribution in [0.25, 0.3) is 0 Å². The third kappa shape index (κ3) is 3.99. The molecule has 2 rings (SSSR count). The number of carboxylic acid groups (broad SMARTS) is 1. The van der Waals surface area contributed by atoms with E-state index in [0.717, 1.165) is 0 Å². The summed E-state index contributed by atoms with van der Waals surface area (Å²) in [6.07, 6.45) is 0.238. The Morgan fingerprint density at radius 3 is 2.75 bits per heavy atom. The molecule has 2 N–H and O–H groups in total. The molecule has 0 saturated carbocycles. The van der Waals surface area contributed by atoms with Crippen LogP contribution in [0.5, 0.6) is 0 Å². The monoisotopic (exact) mass is 372 g/mol. The van der Waals surface area contributed by atoms with E-state index in [2.05, 4.69) is 10.5 Å². The molecule has 0 saturated heterocycles. The number of benzene rings is 1. The number of carboxylic acids is 1. The number of nitrogens with one attached hydrogen (secondary N) is 1. The number of hydrogen-bond acceptors (Lipinski definition) is 4. The van der Waals surface area contributed by atoms with Gasteiger partial charge in [-0.25, -0.2) is 0 Å². The lowest BCUT2D eigenvalue weighted by atomic mass is 9.89. The van der Waals surface area contributed by atoms with Gasteiger partial charge in [-0.3, -0.25) is 9.59 Å². The van der Waals surface area contributed by atoms with Crippen molar-refractivity contribution in [3.8, 4) is 0 Å². The number of nitrogens with zero attached hydrogens (tertiary/aromatic N) is 1. The number of oxime groups is 1. The van der Waals surface area contributed by atoms with E-state index in [1.807, 2.05) is 13.8 Å². The first-order chi connectivity index (χ1) is 11.3. The summed E-state index contributed by atoms with van der Waals surface area (Å²) in [5.74, 6) is -1.64. The first kappa shape index (κ1) is 18.5. The molecule has 1 heterocycles. The highest BCUT2D eigenvalue weighted by Gasteiger charge is 2.49. The first-order valence-electron chi connectivity index (χ1n) is 7.50. The van der Waals surface area contributed by atoms with Gasteiger partial charge in [-0.15, -0.1) is 0 Å². The second-order valence-corrected chi connectivity index (χ2v) is 6.62. The molecule has 0 fully saturated rings. The Morgan fingerprint density at radius 1 is 1.46 bits per heavy atom. The largest absolute Gasteiger partial charge is 0.481 e. The van der Waals surface area contributed by atoms with Gasteiger partial charge in [0.2, 0.25) is 5.60 Å². The van der Waals surface area contributed by atoms with E-state index in [4.69, 9.17) is 28.0 Å². The molecule has 8 heteroatoms. The molecule has 0 aliphatic carbocycles. The minimum absolute atomic E-state index is 0.0168. The number of rotatable bonds is 6. The first-order valence-corrected chi connectivity index (χ1v) is 8.26. The Labute approximate surface area is 149 Å². The van der Waals surface area contributed by atoms with Gasteiger partial charge < -0.3 is 15.3 Å². The summed E-state index contributed by atoms with van der Waals surface area (Å²) in [4.78, 5) is 29.1. The summed E-state index contributed by atoms with van der Waals surface area (Å²) < 4.78 is 0. The van der Waals surface area contributed by atoms with Crippen LogP contribution < -0.4 is 5.32 Å². The van der Waals surface area contributed by atoms with Crippen LogP contribution in [0, 0.1) is 0 Å². The zero-order valence-corrected chi connectivity index (χ0v) is 14.8. The Bertz CT molecular complexity index is 693. The molecule has 0 radical (unpaired) electrons. The fourth-order valence-corrected chi connectivity index (χ4v) is 2.86. The van der Waals surface area contributed by atoms with Crippen LogP contribution in [0.2, 0.25) is 10.0 Å². The summed E-state index contributed by atoms with van der Waals surface area (Å²) in [7, 11) is 0. The smallest absolute Gasteiger partial charge is 0.308 e. The van der Waals surface area contributed by atoms with Crippen molar-refractivity contribution >= 4 is 40.8 Å². The van der Waals surface area contributed by atoms with Gasteiger partial charge in [-0.2, -0.15) is 0 Å². The van der Waals surface area contributed by atoms with Gasteiger partial charge in [0.1, 0.15) is 0 Å². The Kier molecular flexibility index (Phi) is 5.72. The van der Waals surface area contributed by atoms with Crippen LogP contribution in [0.3, 0.4) is 0 Å². The molecule has 1 aliphatic rings. The van der Waals surface area contributed by atoms with Gasteiger partial charge in [-0.1, -0.05) is 41.3 Å². The number of amides is 1. The van der Waals surface area contributed by atoms with Crippen molar-refractivity contribution in [2.24, 2.45) is 5.16 Å². The lowest BCUT2D eigenvalue weighted by Gasteiger charge is -2.25. The van der Waals surface area contributed by atoms with Gasteiger partial charge in [0, 0.05) is 23.0 Å². The van der Waals surface area contributed by atoms with E-state index in [1.165, 1.54) is 0 Å². The molecule has 1 amide bonds. The number of halogens is 2. The average Bonchev–Trinajstić information content (AvgIpc) is 2.91. The van der Waals surface area contributed by atoms with Crippen LogP contribution in [-0.2, 0) is 14.4 Å². The molecule has 1 aromatic rings. The normalized spacial score (nSPS) is 20.9. The van der Waals surface area contributed by atoms with Crippen molar-refractivity contribution in [1.29, 1.82) is 0 Å². The van der Waals surface area contributed by atoms with E-state index >= 15 is 0 Å². The molecule has 24 heavy (non-hydrogen) atoms. The highest BCUT2D eigenvalue weighted by atomic mass is 35.5. The summed E-state index contributed by atoms with van der Waals surface area (Å²) in [6, 6.07) is 4.75. The maximum atomic E-state index is 12.6. The van der Waals surface area contributed by atoms with E-state index < -0.39 is 23.9 Å². The lowest BCUT2D eigenvalue weighted by Crippen LogP contribution is -2.51. The summed E-state index contributed by atoms with van der Waals surface area (Å²) in [5, 5.41) is 16.7. The zero-order chi connectivity index (χ0) is 17.9. The third-order valence-electron chi connectivity index (χ3n) is 3.87. The minimum Gasteiger partial charge on any atom is -0.481 e. The highest BCUT2D eigenvalue weighted by molar-refractivity contribution is 6.37.